The minimum absolute atomic E-state index is 0.330. The number of ether oxygens (including phenoxy) is 1. The molecule has 9 heteroatoms. The van der Waals surface area contributed by atoms with E-state index in [1.54, 1.807) is 0 Å². The second-order valence-corrected chi connectivity index (χ2v) is 7.84. The highest BCUT2D eigenvalue weighted by molar-refractivity contribution is 7.98. The molecule has 1 aromatic carbocycles. The van der Waals surface area contributed by atoms with E-state index >= 15 is 0 Å². The minimum Gasteiger partial charge on any atom is -0.454 e. The standard InChI is InChI=1S/C19H23N3O4S2/c1-27-11-9-14(21-19(20)25)18(24)26-12-16(23)22-17(15-8-5-10-28-15)13-6-3-2-4-7-13/h2-8,10,14,17H,9,11-12H2,1H3,(H,22,23)(H3,20,21,25)/t14-,17+/m1/s1. The zero-order valence-electron chi connectivity index (χ0n) is 15.4. The van der Waals surface area contributed by atoms with Crippen molar-refractivity contribution in [1.82, 2.24) is 10.6 Å². The number of nitrogens with two attached hydrogens (primary N) is 1. The Labute approximate surface area is 172 Å². The molecule has 7 nitrogen and oxygen atoms in total. The normalized spacial score (nSPS) is 12.6. The van der Waals surface area contributed by atoms with Gasteiger partial charge in [-0.15, -0.1) is 11.3 Å². The third-order valence-corrected chi connectivity index (χ3v) is 5.40. The summed E-state index contributed by atoms with van der Waals surface area (Å²) in [4.78, 5) is 36.6. The molecule has 0 spiro atoms. The van der Waals surface area contributed by atoms with Gasteiger partial charge in [-0.05, 0) is 35.4 Å². The van der Waals surface area contributed by atoms with Crippen LogP contribution in [0.15, 0.2) is 47.8 Å². The van der Waals surface area contributed by atoms with Gasteiger partial charge in [-0.2, -0.15) is 11.8 Å². The van der Waals surface area contributed by atoms with E-state index in [4.69, 9.17) is 10.5 Å². The van der Waals surface area contributed by atoms with E-state index in [0.29, 0.717) is 12.2 Å². The molecule has 0 bridgehead atoms. The van der Waals surface area contributed by atoms with E-state index in [-0.39, 0.29) is 6.04 Å². The fraction of sp³-hybridized carbons (Fsp3) is 0.316. The molecule has 0 fully saturated rings. The summed E-state index contributed by atoms with van der Waals surface area (Å²) in [6.45, 7) is -0.441. The van der Waals surface area contributed by atoms with Crippen LogP contribution in [0.5, 0.6) is 0 Å². The van der Waals surface area contributed by atoms with Crippen molar-refractivity contribution in [2.75, 3.05) is 18.6 Å². The summed E-state index contributed by atoms with van der Waals surface area (Å²) in [6.07, 6.45) is 2.25. The van der Waals surface area contributed by atoms with Crippen LogP contribution in [0.2, 0.25) is 0 Å². The number of thiophene rings is 1. The number of esters is 1. The minimum atomic E-state index is -0.875. The fourth-order valence-electron chi connectivity index (χ4n) is 2.52. The molecule has 4 N–H and O–H groups in total. The predicted octanol–water partition coefficient (Wildman–Crippen LogP) is 2.29. The van der Waals surface area contributed by atoms with Crippen molar-refractivity contribution in [2.24, 2.45) is 5.73 Å². The average molecular weight is 422 g/mol. The second-order valence-electron chi connectivity index (χ2n) is 5.88. The number of carbonyl (C=O) groups is 3. The summed E-state index contributed by atoms with van der Waals surface area (Å²) in [5.41, 5.74) is 6.03. The number of thioether (sulfide) groups is 1. The highest BCUT2D eigenvalue weighted by Gasteiger charge is 2.23. The molecule has 2 rings (SSSR count). The van der Waals surface area contributed by atoms with Crippen LogP contribution in [-0.4, -0.2) is 42.6 Å². The van der Waals surface area contributed by atoms with Gasteiger partial charge in [-0.25, -0.2) is 9.59 Å². The molecule has 3 amide bonds. The molecule has 2 atom stereocenters. The predicted molar refractivity (Wildman–Crippen MR) is 111 cm³/mol. The zero-order valence-corrected chi connectivity index (χ0v) is 17.1. The van der Waals surface area contributed by atoms with Crippen molar-refractivity contribution in [3.8, 4) is 0 Å². The van der Waals surface area contributed by atoms with Crippen LogP contribution >= 0.6 is 23.1 Å². The van der Waals surface area contributed by atoms with Gasteiger partial charge >= 0.3 is 12.0 Å². The maximum absolute atomic E-state index is 12.4. The van der Waals surface area contributed by atoms with Crippen LogP contribution in [0.25, 0.3) is 0 Å². The molecule has 28 heavy (non-hydrogen) atoms. The highest BCUT2D eigenvalue weighted by Crippen LogP contribution is 2.25. The number of urea groups is 1. The summed E-state index contributed by atoms with van der Waals surface area (Å²) in [6, 6.07) is 11.4. The summed E-state index contributed by atoms with van der Waals surface area (Å²) in [5.74, 6) is -0.477. The third kappa shape index (κ3) is 6.90. The Morgan fingerprint density at radius 2 is 1.89 bits per heavy atom. The molecular formula is C19H23N3O4S2. The Balaban J connectivity index is 1.96. The van der Waals surface area contributed by atoms with E-state index in [1.807, 2.05) is 54.1 Å². The second kappa shape index (κ2) is 11.4. The molecule has 2 aromatic rings. The van der Waals surface area contributed by atoms with Gasteiger partial charge in [0.25, 0.3) is 5.91 Å². The number of amides is 3. The van der Waals surface area contributed by atoms with Crippen LogP contribution in [0.4, 0.5) is 4.79 Å². The van der Waals surface area contributed by atoms with Gasteiger partial charge in [0.05, 0.1) is 6.04 Å². The van der Waals surface area contributed by atoms with Crippen LogP contribution in [0.3, 0.4) is 0 Å². The summed E-state index contributed by atoms with van der Waals surface area (Å²) >= 11 is 3.05. The number of hydrogen-bond donors (Lipinski definition) is 3. The molecule has 0 saturated carbocycles. The van der Waals surface area contributed by atoms with Crippen LogP contribution < -0.4 is 16.4 Å². The van der Waals surface area contributed by atoms with Gasteiger partial charge in [-0.1, -0.05) is 36.4 Å². The maximum atomic E-state index is 12.4. The van der Waals surface area contributed by atoms with Crippen molar-refractivity contribution in [3.63, 3.8) is 0 Å². The van der Waals surface area contributed by atoms with E-state index in [9.17, 15) is 14.4 Å². The third-order valence-electron chi connectivity index (χ3n) is 3.82. The van der Waals surface area contributed by atoms with Crippen molar-refractivity contribution < 1.29 is 19.1 Å². The van der Waals surface area contributed by atoms with Crippen molar-refractivity contribution in [1.29, 1.82) is 0 Å². The molecule has 0 radical (unpaired) electrons. The topological polar surface area (TPSA) is 111 Å². The Bertz CT molecular complexity index is 769. The Morgan fingerprint density at radius 3 is 2.50 bits per heavy atom. The molecule has 0 unspecified atom stereocenters. The van der Waals surface area contributed by atoms with Crippen LogP contribution in [0, 0.1) is 0 Å². The van der Waals surface area contributed by atoms with E-state index in [0.717, 1.165) is 10.4 Å². The first-order valence-electron chi connectivity index (χ1n) is 8.60. The molecule has 1 aromatic heterocycles. The molecule has 0 aliphatic carbocycles. The Morgan fingerprint density at radius 1 is 1.14 bits per heavy atom. The molecular weight excluding hydrogens is 398 g/mol. The summed E-state index contributed by atoms with van der Waals surface area (Å²) in [7, 11) is 0. The zero-order chi connectivity index (χ0) is 20.4. The Kier molecular flexibility index (Phi) is 8.83. The maximum Gasteiger partial charge on any atom is 0.329 e. The first-order chi connectivity index (χ1) is 13.5. The number of benzene rings is 1. The van der Waals surface area contributed by atoms with Gasteiger partial charge < -0.3 is 21.1 Å². The monoisotopic (exact) mass is 421 g/mol. The van der Waals surface area contributed by atoms with Crippen molar-refractivity contribution in [2.45, 2.75) is 18.5 Å². The van der Waals surface area contributed by atoms with E-state index < -0.39 is 30.6 Å². The SMILES string of the molecule is CSCC[C@@H](NC(N)=O)C(=O)OCC(=O)N[C@@H](c1ccccc1)c1cccs1. The Hall–Kier alpha value is -2.52. The van der Waals surface area contributed by atoms with Gasteiger partial charge in [0.1, 0.15) is 6.04 Å². The number of nitrogens with one attached hydrogen (secondary N) is 2. The average Bonchev–Trinajstić information content (AvgIpc) is 3.22. The van der Waals surface area contributed by atoms with Crippen LogP contribution in [0.1, 0.15) is 22.9 Å². The van der Waals surface area contributed by atoms with Crippen LogP contribution in [-0.2, 0) is 14.3 Å². The molecule has 0 aliphatic rings. The van der Waals surface area contributed by atoms with Crippen molar-refractivity contribution >= 4 is 41.0 Å². The van der Waals surface area contributed by atoms with E-state index in [2.05, 4.69) is 10.6 Å². The molecule has 150 valence electrons. The lowest BCUT2D eigenvalue weighted by atomic mass is 10.1. The number of hydrogen-bond acceptors (Lipinski definition) is 6. The van der Waals surface area contributed by atoms with Gasteiger partial charge in [0.15, 0.2) is 6.61 Å². The number of primary amides is 1. The lowest BCUT2D eigenvalue weighted by Crippen LogP contribution is -2.45. The summed E-state index contributed by atoms with van der Waals surface area (Å²) < 4.78 is 5.09. The number of carbonyl (C=O) groups excluding carboxylic acids is 3. The quantitative estimate of drug-likeness (QED) is 0.510. The van der Waals surface area contributed by atoms with Crippen molar-refractivity contribution in [3.05, 3.63) is 58.3 Å². The highest BCUT2D eigenvalue weighted by atomic mass is 32.2. The van der Waals surface area contributed by atoms with Gasteiger partial charge in [0, 0.05) is 4.88 Å². The van der Waals surface area contributed by atoms with E-state index in [1.165, 1.54) is 23.1 Å². The molecule has 0 saturated heterocycles. The fourth-order valence-corrected chi connectivity index (χ4v) is 3.79. The summed E-state index contributed by atoms with van der Waals surface area (Å²) in [5, 5.41) is 7.17. The largest absolute Gasteiger partial charge is 0.454 e. The lowest BCUT2D eigenvalue weighted by Gasteiger charge is -2.19. The smallest absolute Gasteiger partial charge is 0.329 e. The first-order valence-corrected chi connectivity index (χ1v) is 10.9. The number of rotatable bonds is 10. The van der Waals surface area contributed by atoms with Gasteiger partial charge in [0.2, 0.25) is 0 Å². The lowest BCUT2D eigenvalue weighted by molar-refractivity contribution is -0.150. The van der Waals surface area contributed by atoms with Gasteiger partial charge in [-0.3, -0.25) is 4.79 Å². The molecule has 0 aliphatic heterocycles. The molecule has 1 heterocycles. The first kappa shape index (κ1) is 21.8.